The number of imidazole rings is 2. The van der Waals surface area contributed by atoms with Crippen LogP contribution >= 0.6 is 0 Å². The Hall–Kier alpha value is -3.54. The minimum absolute atomic E-state index is 0.755. The molecule has 0 fully saturated rings. The van der Waals surface area contributed by atoms with Crippen LogP contribution in [0.3, 0.4) is 0 Å². The minimum Gasteiger partial charge on any atom is -0.493 e. The predicted molar refractivity (Wildman–Crippen MR) is 254 cm³/mol. The molecule has 0 aliphatic rings. The molecule has 0 N–H and O–H groups in total. The molecular weight excluding hydrogens is 737 g/mol. The van der Waals surface area contributed by atoms with Gasteiger partial charge in [-0.15, -0.1) is 0 Å². The Morgan fingerprint density at radius 1 is 0.350 bits per heavy atom. The average Bonchev–Trinajstić information content (AvgIpc) is 3.98. The number of rotatable bonds is 36. The van der Waals surface area contributed by atoms with E-state index in [1.807, 2.05) is 0 Å². The molecule has 0 atom stereocenters. The van der Waals surface area contributed by atoms with Gasteiger partial charge in [0.25, 0.3) is 12.7 Å². The number of hydrogen-bond acceptors (Lipinski definition) is 2. The summed E-state index contributed by atoms with van der Waals surface area (Å²) in [5, 5.41) is 0. The van der Waals surface area contributed by atoms with Gasteiger partial charge >= 0.3 is 0 Å². The van der Waals surface area contributed by atoms with E-state index in [1.54, 1.807) is 0 Å². The summed E-state index contributed by atoms with van der Waals surface area (Å²) in [5.41, 5.74) is 4.35. The van der Waals surface area contributed by atoms with Gasteiger partial charge in [0, 0.05) is 36.4 Å². The predicted octanol–water partition coefficient (Wildman–Crippen LogP) is 15.5. The second-order valence-electron chi connectivity index (χ2n) is 18.1. The van der Waals surface area contributed by atoms with Crippen molar-refractivity contribution in [3.05, 3.63) is 73.8 Å². The molecule has 0 spiro atoms. The average molecular weight is 823 g/mol. The summed E-state index contributed by atoms with van der Waals surface area (Å²) in [7, 11) is 0. The van der Waals surface area contributed by atoms with E-state index in [4.69, 9.17) is 9.47 Å². The van der Waals surface area contributed by atoms with Crippen molar-refractivity contribution in [3.63, 3.8) is 0 Å². The monoisotopic (exact) mass is 823 g/mol. The Balaban J connectivity index is 1.02. The molecule has 60 heavy (non-hydrogen) atoms. The fourth-order valence-corrected chi connectivity index (χ4v) is 8.90. The molecule has 0 saturated carbocycles. The summed E-state index contributed by atoms with van der Waals surface area (Å²) >= 11 is 0. The highest BCUT2D eigenvalue weighted by atomic mass is 16.5. The smallest absolute Gasteiger partial charge is 0.254 e. The number of benzene rings is 2. The summed E-state index contributed by atoms with van der Waals surface area (Å²) < 4.78 is 21.6. The highest BCUT2D eigenvalue weighted by molar-refractivity contribution is 5.65. The van der Waals surface area contributed by atoms with Crippen LogP contribution in [0.25, 0.3) is 22.1 Å². The first-order valence-corrected chi connectivity index (χ1v) is 25.5. The van der Waals surface area contributed by atoms with E-state index in [-0.39, 0.29) is 0 Å². The van der Waals surface area contributed by atoms with Gasteiger partial charge in [-0.1, -0.05) is 206 Å². The number of nitrogens with zero attached hydrogens (tertiary/aromatic N) is 4. The van der Waals surface area contributed by atoms with Gasteiger partial charge in [-0.05, 0) is 12.8 Å². The van der Waals surface area contributed by atoms with Crippen molar-refractivity contribution in [2.75, 3.05) is 13.2 Å². The Kier molecular flexibility index (Phi) is 23.5. The van der Waals surface area contributed by atoms with Gasteiger partial charge in [0.15, 0.2) is 0 Å². The zero-order valence-electron chi connectivity index (χ0n) is 38.6. The van der Waals surface area contributed by atoms with Crippen molar-refractivity contribution < 1.29 is 18.3 Å². The SMILES string of the molecule is CCCCCCCCCCCCCCCCCCOc1cc2cc(c1)n1cc[n+](c1)c1cc(OCCCCCCCCCCCCCCCCCC)cc(c1)[n+]1ccn2c1. The molecule has 0 unspecified atom stereocenters. The van der Waals surface area contributed by atoms with E-state index in [9.17, 15) is 0 Å². The van der Waals surface area contributed by atoms with Crippen molar-refractivity contribution in [1.82, 2.24) is 8.80 Å². The Morgan fingerprint density at radius 3 is 0.983 bits per heavy atom. The fourth-order valence-electron chi connectivity index (χ4n) is 8.90. The Morgan fingerprint density at radius 2 is 0.650 bits per heavy atom. The highest BCUT2D eigenvalue weighted by Gasteiger charge is 2.11. The molecule has 0 aliphatic carbocycles. The van der Waals surface area contributed by atoms with Gasteiger partial charge in [0.05, 0.1) is 13.2 Å². The first-order chi connectivity index (χ1) is 29.7. The van der Waals surface area contributed by atoms with Gasteiger partial charge in [-0.2, -0.15) is 0 Å². The minimum atomic E-state index is 0.755. The van der Waals surface area contributed by atoms with E-state index in [0.717, 1.165) is 59.6 Å². The molecule has 3 heterocycles. The maximum Gasteiger partial charge on any atom is 0.254 e. The molecule has 5 rings (SSSR count). The van der Waals surface area contributed by atoms with Crippen molar-refractivity contribution in [1.29, 1.82) is 0 Å². The maximum absolute atomic E-state index is 6.41. The number of ether oxygens (including phenoxy) is 2. The molecule has 3 aromatic heterocycles. The number of unbranched alkanes of at least 4 members (excludes halogenated alkanes) is 30. The van der Waals surface area contributed by atoms with Crippen LogP contribution in [0.15, 0.2) is 73.8 Å². The zero-order chi connectivity index (χ0) is 41.7. The lowest BCUT2D eigenvalue weighted by molar-refractivity contribution is -0.515. The molecule has 0 aliphatic heterocycles. The molecule has 0 amide bonds. The van der Waals surface area contributed by atoms with Crippen LogP contribution < -0.4 is 18.3 Å². The molecule has 6 heteroatoms. The number of aromatic nitrogens is 4. The normalized spacial score (nSPS) is 11.8. The molecular formula is C54H86N4O2+2. The summed E-state index contributed by atoms with van der Waals surface area (Å²) in [5.74, 6) is 1.84. The second kappa shape index (κ2) is 29.7. The molecule has 8 bridgehead atoms. The van der Waals surface area contributed by atoms with Crippen LogP contribution in [-0.2, 0) is 0 Å². The zero-order valence-corrected chi connectivity index (χ0v) is 38.6. The Labute approximate surface area is 365 Å². The second-order valence-corrected chi connectivity index (χ2v) is 18.1. The van der Waals surface area contributed by atoms with Crippen molar-refractivity contribution >= 4 is 22.1 Å². The first kappa shape index (κ1) is 47.5. The summed E-state index contributed by atoms with van der Waals surface area (Å²) in [6, 6.07) is 13.2. The third kappa shape index (κ3) is 18.2. The molecule has 0 saturated heterocycles. The molecule has 2 aromatic carbocycles. The van der Waals surface area contributed by atoms with E-state index in [1.165, 1.54) is 193 Å². The van der Waals surface area contributed by atoms with Crippen LogP contribution in [0.5, 0.6) is 11.5 Å². The van der Waals surface area contributed by atoms with E-state index >= 15 is 0 Å². The summed E-state index contributed by atoms with van der Waals surface area (Å²) in [4.78, 5) is 0. The van der Waals surface area contributed by atoms with Gasteiger partial charge in [0.1, 0.15) is 58.4 Å². The first-order valence-electron chi connectivity index (χ1n) is 25.5. The topological polar surface area (TPSA) is 35.5 Å². The molecule has 0 radical (unpaired) electrons. The fraction of sp³-hybridized carbons (Fsp3) is 0.667. The molecule has 6 nitrogen and oxygen atoms in total. The maximum atomic E-state index is 6.41. The third-order valence-corrected chi connectivity index (χ3v) is 12.8. The van der Waals surface area contributed by atoms with Crippen LogP contribution in [0.1, 0.15) is 219 Å². The summed E-state index contributed by atoms with van der Waals surface area (Å²) in [6.45, 7) is 6.11. The molecule has 5 aromatic rings. The Bertz CT molecular complexity index is 1670. The molecule has 332 valence electrons. The lowest BCUT2D eigenvalue weighted by atomic mass is 10.0. The van der Waals surface area contributed by atoms with Gasteiger partial charge in [-0.3, -0.25) is 0 Å². The lowest BCUT2D eigenvalue weighted by Crippen LogP contribution is -2.20. The van der Waals surface area contributed by atoms with Crippen molar-refractivity contribution in [2.45, 2.75) is 219 Å². The number of fused-ring (bicyclic) bond motifs is 12. The standard InChI is InChI=1S/C54H86N4O2/c1-3-5-7-9-11-13-15-17-19-21-23-25-27-29-31-33-39-59-53-43-49-41-50(44-53)56-36-38-58(48-56)52-42-51(57-37-35-55(49)47-57)45-54(46-52)60-40-34-32-30-28-26-24-22-20-18-16-14-12-10-8-6-4-2/h35-38,41-48H,3-34,39-40H2,1-2H3/q+2. The van der Waals surface area contributed by atoms with Crippen LogP contribution in [-0.4, -0.2) is 22.0 Å². The van der Waals surface area contributed by atoms with Crippen LogP contribution in [0.2, 0.25) is 0 Å². The largest absolute Gasteiger partial charge is 0.493 e. The van der Waals surface area contributed by atoms with Crippen molar-refractivity contribution in [3.8, 4) is 11.5 Å². The van der Waals surface area contributed by atoms with Crippen molar-refractivity contribution in [2.24, 2.45) is 0 Å². The third-order valence-electron chi connectivity index (χ3n) is 12.8. The quantitative estimate of drug-likeness (QED) is 0.0298. The highest BCUT2D eigenvalue weighted by Crippen LogP contribution is 2.21. The van der Waals surface area contributed by atoms with Crippen LogP contribution in [0, 0.1) is 0 Å². The van der Waals surface area contributed by atoms with Gasteiger partial charge < -0.3 is 9.47 Å². The summed E-state index contributed by atoms with van der Waals surface area (Å²) in [6.07, 6.45) is 57.0. The number of hydrogen-bond donors (Lipinski definition) is 0. The van der Waals surface area contributed by atoms with E-state index in [2.05, 4.69) is 105 Å². The lowest BCUT2D eigenvalue weighted by Gasteiger charge is -2.07. The van der Waals surface area contributed by atoms with E-state index in [0.29, 0.717) is 0 Å². The van der Waals surface area contributed by atoms with Gasteiger partial charge in [0.2, 0.25) is 0 Å². The van der Waals surface area contributed by atoms with Crippen LogP contribution in [0.4, 0.5) is 0 Å². The van der Waals surface area contributed by atoms with Gasteiger partial charge in [-0.25, -0.2) is 17.6 Å². The van der Waals surface area contributed by atoms with E-state index < -0.39 is 0 Å².